The van der Waals surface area contributed by atoms with Gasteiger partial charge in [-0.05, 0) is 12.1 Å². The largest absolute Gasteiger partial charge is 0.573 e. The number of rotatable bonds is 5. The van der Waals surface area contributed by atoms with Crippen molar-refractivity contribution in [3.05, 3.63) is 24.3 Å². The van der Waals surface area contributed by atoms with Gasteiger partial charge in [0.1, 0.15) is 5.75 Å². The van der Waals surface area contributed by atoms with Gasteiger partial charge >= 0.3 is 6.36 Å². The second-order valence-corrected chi connectivity index (χ2v) is 3.60. The fraction of sp³-hybridized carbons (Fsp3) is 0.273. The van der Waals surface area contributed by atoms with E-state index >= 15 is 0 Å². The third-order valence-electron chi connectivity index (χ3n) is 1.98. The molecule has 4 N–H and O–H groups in total. The van der Waals surface area contributed by atoms with Crippen molar-refractivity contribution in [2.45, 2.75) is 6.36 Å². The van der Waals surface area contributed by atoms with E-state index in [2.05, 4.69) is 15.4 Å². The SMILES string of the molecule is Cl.NCC(=O)NCC(=O)Nc1cccc(OC(F)(F)F)c1. The molecule has 6 nitrogen and oxygen atoms in total. The molecule has 0 bridgehead atoms. The Morgan fingerprint density at radius 2 is 1.90 bits per heavy atom. The first-order valence-corrected chi connectivity index (χ1v) is 5.42. The average Bonchev–Trinajstić information content (AvgIpc) is 2.34. The molecule has 2 amide bonds. The van der Waals surface area contributed by atoms with Crippen molar-refractivity contribution in [3.8, 4) is 5.75 Å². The van der Waals surface area contributed by atoms with Crippen molar-refractivity contribution in [3.63, 3.8) is 0 Å². The van der Waals surface area contributed by atoms with E-state index in [0.717, 1.165) is 12.1 Å². The Morgan fingerprint density at radius 3 is 2.48 bits per heavy atom. The van der Waals surface area contributed by atoms with Crippen LogP contribution in [0.1, 0.15) is 0 Å². The predicted molar refractivity (Wildman–Crippen MR) is 71.1 cm³/mol. The normalized spacial score (nSPS) is 10.3. The van der Waals surface area contributed by atoms with Gasteiger partial charge in [0.15, 0.2) is 0 Å². The highest BCUT2D eigenvalue weighted by molar-refractivity contribution is 5.94. The Balaban J connectivity index is 0.00000400. The van der Waals surface area contributed by atoms with Crippen LogP contribution in [0.3, 0.4) is 0 Å². The van der Waals surface area contributed by atoms with E-state index in [1.165, 1.54) is 12.1 Å². The smallest absolute Gasteiger partial charge is 0.406 e. The van der Waals surface area contributed by atoms with Gasteiger partial charge in [-0.25, -0.2) is 0 Å². The minimum absolute atomic E-state index is 0. The number of alkyl halides is 3. The summed E-state index contributed by atoms with van der Waals surface area (Å²) in [6, 6.07) is 4.77. The number of benzene rings is 1. The standard InChI is InChI=1S/C11H12F3N3O3.ClH/c12-11(13,14)20-8-3-1-2-7(4-8)17-10(19)6-16-9(18)5-15;/h1-4H,5-6,15H2,(H,16,18)(H,17,19);1H. The predicted octanol–water partition coefficient (Wildman–Crippen LogP) is 1.02. The number of amides is 2. The summed E-state index contributed by atoms with van der Waals surface area (Å²) in [5.74, 6) is -1.58. The van der Waals surface area contributed by atoms with Crippen molar-refractivity contribution in [1.82, 2.24) is 5.32 Å². The molecule has 0 saturated heterocycles. The number of carbonyl (C=O) groups excluding carboxylic acids is 2. The first kappa shape index (κ1) is 19.0. The molecule has 0 fully saturated rings. The molecule has 0 spiro atoms. The van der Waals surface area contributed by atoms with Gasteiger partial charge in [0.2, 0.25) is 11.8 Å². The number of halogens is 4. The fourth-order valence-electron chi connectivity index (χ4n) is 1.23. The molecule has 0 unspecified atom stereocenters. The second kappa shape index (κ2) is 8.32. The number of nitrogens with one attached hydrogen (secondary N) is 2. The van der Waals surface area contributed by atoms with Crippen LogP contribution in [0, 0.1) is 0 Å². The first-order chi connectivity index (χ1) is 9.30. The molecule has 0 aliphatic heterocycles. The highest BCUT2D eigenvalue weighted by Gasteiger charge is 2.31. The van der Waals surface area contributed by atoms with Gasteiger partial charge in [0, 0.05) is 11.8 Å². The topological polar surface area (TPSA) is 93.5 Å². The highest BCUT2D eigenvalue weighted by Crippen LogP contribution is 2.24. The minimum Gasteiger partial charge on any atom is -0.406 e. The third kappa shape index (κ3) is 8.00. The zero-order valence-electron chi connectivity index (χ0n) is 10.6. The lowest BCUT2D eigenvalue weighted by Gasteiger charge is -2.11. The lowest BCUT2D eigenvalue weighted by Crippen LogP contribution is -2.36. The molecule has 0 saturated carbocycles. The van der Waals surface area contributed by atoms with Gasteiger partial charge in [-0.1, -0.05) is 6.07 Å². The molecule has 0 aliphatic carbocycles. The van der Waals surface area contributed by atoms with Gasteiger partial charge in [0.05, 0.1) is 13.1 Å². The van der Waals surface area contributed by atoms with Crippen LogP contribution in [0.15, 0.2) is 24.3 Å². The maximum atomic E-state index is 12.0. The Bertz CT molecular complexity index is 497. The van der Waals surface area contributed by atoms with Crippen molar-refractivity contribution < 1.29 is 27.5 Å². The van der Waals surface area contributed by atoms with Crippen LogP contribution < -0.4 is 21.1 Å². The maximum Gasteiger partial charge on any atom is 0.573 e. The second-order valence-electron chi connectivity index (χ2n) is 3.60. The molecule has 118 valence electrons. The van der Waals surface area contributed by atoms with Gasteiger partial charge < -0.3 is 21.1 Å². The fourth-order valence-corrected chi connectivity index (χ4v) is 1.23. The Morgan fingerprint density at radius 1 is 1.24 bits per heavy atom. The minimum atomic E-state index is -4.81. The van der Waals surface area contributed by atoms with Crippen molar-refractivity contribution >= 4 is 29.9 Å². The molecular weight excluding hydrogens is 315 g/mol. The maximum absolute atomic E-state index is 12.0. The van der Waals surface area contributed by atoms with Crippen molar-refractivity contribution in [1.29, 1.82) is 0 Å². The molecule has 0 atom stereocenters. The van der Waals surface area contributed by atoms with Gasteiger partial charge in [0.25, 0.3) is 0 Å². The van der Waals surface area contributed by atoms with Gasteiger partial charge in [-0.2, -0.15) is 0 Å². The number of anilines is 1. The van der Waals surface area contributed by atoms with E-state index in [4.69, 9.17) is 5.73 Å². The summed E-state index contributed by atoms with van der Waals surface area (Å²) in [5, 5.41) is 4.52. The van der Waals surface area contributed by atoms with E-state index in [9.17, 15) is 22.8 Å². The lowest BCUT2D eigenvalue weighted by atomic mass is 10.3. The molecule has 10 heteroatoms. The molecule has 1 rings (SSSR count). The Hall–Kier alpha value is -2.00. The number of ether oxygens (including phenoxy) is 1. The third-order valence-corrected chi connectivity index (χ3v) is 1.98. The quantitative estimate of drug-likeness (QED) is 0.752. The van der Waals surface area contributed by atoms with Crippen LogP contribution >= 0.6 is 12.4 Å². The summed E-state index contributed by atoms with van der Waals surface area (Å²) < 4.78 is 39.7. The molecule has 0 heterocycles. The Labute approximate surface area is 124 Å². The zero-order valence-corrected chi connectivity index (χ0v) is 11.4. The highest BCUT2D eigenvalue weighted by atomic mass is 35.5. The average molecular weight is 328 g/mol. The number of hydrogen-bond acceptors (Lipinski definition) is 4. The molecule has 0 aliphatic rings. The van der Waals surface area contributed by atoms with Crippen LogP contribution in [-0.2, 0) is 9.59 Å². The number of hydrogen-bond donors (Lipinski definition) is 3. The number of nitrogens with two attached hydrogens (primary N) is 1. The summed E-state index contributed by atoms with van der Waals surface area (Å²) in [6.07, 6.45) is -4.81. The van der Waals surface area contributed by atoms with Gasteiger partial charge in [-0.15, -0.1) is 25.6 Å². The molecule has 0 aromatic heterocycles. The molecule has 1 aromatic carbocycles. The van der Waals surface area contributed by atoms with E-state index < -0.39 is 23.9 Å². The van der Waals surface area contributed by atoms with Crippen molar-refractivity contribution in [2.75, 3.05) is 18.4 Å². The summed E-state index contributed by atoms with van der Waals surface area (Å²) in [4.78, 5) is 22.2. The van der Waals surface area contributed by atoms with Gasteiger partial charge in [-0.3, -0.25) is 9.59 Å². The lowest BCUT2D eigenvalue weighted by molar-refractivity contribution is -0.274. The molecular formula is C11H13ClF3N3O3. The summed E-state index contributed by atoms with van der Waals surface area (Å²) in [5.41, 5.74) is 5.13. The van der Waals surface area contributed by atoms with E-state index in [-0.39, 0.29) is 31.2 Å². The molecule has 0 radical (unpaired) electrons. The van der Waals surface area contributed by atoms with Crippen LogP contribution in [0.5, 0.6) is 5.75 Å². The first-order valence-electron chi connectivity index (χ1n) is 5.42. The summed E-state index contributed by atoms with van der Waals surface area (Å²) in [6.45, 7) is -0.595. The van der Waals surface area contributed by atoms with E-state index in [1.807, 2.05) is 0 Å². The molecule has 1 aromatic rings. The van der Waals surface area contributed by atoms with Crippen molar-refractivity contribution in [2.24, 2.45) is 5.73 Å². The Kier molecular flexibility index (Phi) is 7.53. The van der Waals surface area contributed by atoms with Crippen LogP contribution in [-0.4, -0.2) is 31.3 Å². The van der Waals surface area contributed by atoms with Crippen LogP contribution in [0.4, 0.5) is 18.9 Å². The van der Waals surface area contributed by atoms with E-state index in [1.54, 1.807) is 0 Å². The van der Waals surface area contributed by atoms with Crippen LogP contribution in [0.2, 0.25) is 0 Å². The number of carbonyl (C=O) groups is 2. The summed E-state index contributed by atoms with van der Waals surface area (Å²) in [7, 11) is 0. The zero-order chi connectivity index (χ0) is 15.2. The summed E-state index contributed by atoms with van der Waals surface area (Å²) >= 11 is 0. The monoisotopic (exact) mass is 327 g/mol. The van der Waals surface area contributed by atoms with E-state index in [0.29, 0.717) is 0 Å². The van der Waals surface area contributed by atoms with Crippen LogP contribution in [0.25, 0.3) is 0 Å². The molecule has 21 heavy (non-hydrogen) atoms.